The fraction of sp³-hybridized carbons (Fsp3) is 0.100. The average Bonchev–Trinajstić information content (AvgIpc) is 3.51. The first-order valence-corrected chi connectivity index (χ1v) is 12.9. The van der Waals surface area contributed by atoms with Crippen molar-refractivity contribution >= 4 is 45.5 Å². The van der Waals surface area contributed by atoms with Crippen LogP contribution < -0.4 is 16.5 Å². The Morgan fingerprint density at radius 2 is 1.65 bits per heavy atom. The normalized spacial score (nSPS) is 11.7. The van der Waals surface area contributed by atoms with Crippen LogP contribution in [-0.2, 0) is 6.18 Å². The van der Waals surface area contributed by atoms with Crippen molar-refractivity contribution < 1.29 is 22.8 Å². The zero-order chi connectivity index (χ0) is 30.6. The molecule has 216 valence electrons. The minimum absolute atomic E-state index is 0.00714. The summed E-state index contributed by atoms with van der Waals surface area (Å²) in [4.78, 5) is 39.9. The average molecular weight is 585 g/mol. The molecule has 0 saturated carbocycles. The monoisotopic (exact) mass is 584 g/mol. The highest BCUT2D eigenvalue weighted by atomic mass is 19.4. The van der Waals surface area contributed by atoms with Gasteiger partial charge in [-0.1, -0.05) is 24.3 Å². The molecule has 0 aliphatic heterocycles. The second-order valence-corrected chi connectivity index (χ2v) is 9.91. The number of carbonyl (C=O) groups is 2. The fourth-order valence-electron chi connectivity index (χ4n) is 4.94. The Morgan fingerprint density at radius 1 is 0.930 bits per heavy atom. The standard InChI is InChI=1S/C30H23F3N8O2/c1-16-10-11-20(41(39-14-17(2)36-15-39)29(43)18-6-5-7-19(12-18)30(31,32)33)13-23(16)40-26(34)24(27(35)42)25-28(40)38-22-9-4-3-8-21(22)37-25/h3-15H,34H2,1-2H3,(H2,35,42). The zero-order valence-electron chi connectivity index (χ0n) is 22.8. The van der Waals surface area contributed by atoms with Crippen molar-refractivity contribution in [2.75, 3.05) is 10.7 Å². The Bertz CT molecular complexity index is 2080. The molecule has 10 nitrogen and oxygen atoms in total. The number of nitrogens with two attached hydrogens (primary N) is 2. The smallest absolute Gasteiger partial charge is 0.384 e. The van der Waals surface area contributed by atoms with Crippen LogP contribution in [0, 0.1) is 13.8 Å². The molecule has 43 heavy (non-hydrogen) atoms. The Hall–Kier alpha value is -5.72. The number of aryl methyl sites for hydroxylation is 2. The predicted molar refractivity (Wildman–Crippen MR) is 155 cm³/mol. The Kier molecular flexibility index (Phi) is 6.37. The van der Waals surface area contributed by atoms with E-state index in [-0.39, 0.29) is 33.8 Å². The first kappa shape index (κ1) is 27.4. The van der Waals surface area contributed by atoms with Gasteiger partial charge in [0.25, 0.3) is 11.8 Å². The number of hydrogen-bond acceptors (Lipinski definition) is 6. The van der Waals surface area contributed by atoms with E-state index < -0.39 is 23.6 Å². The molecule has 0 radical (unpaired) electrons. The molecule has 3 aromatic heterocycles. The van der Waals surface area contributed by atoms with Crippen molar-refractivity contribution in [3.63, 3.8) is 0 Å². The number of imidazole rings is 1. The van der Waals surface area contributed by atoms with E-state index in [1.165, 1.54) is 32.7 Å². The van der Waals surface area contributed by atoms with E-state index in [1.807, 2.05) is 0 Å². The molecule has 0 atom stereocenters. The molecule has 0 saturated heterocycles. The number of halogens is 3. The van der Waals surface area contributed by atoms with Gasteiger partial charge >= 0.3 is 6.18 Å². The molecule has 0 aliphatic rings. The second kappa shape index (κ2) is 9.98. The highest BCUT2D eigenvalue weighted by Gasteiger charge is 2.32. The summed E-state index contributed by atoms with van der Waals surface area (Å²) in [7, 11) is 0. The summed E-state index contributed by atoms with van der Waals surface area (Å²) >= 11 is 0. The van der Waals surface area contributed by atoms with E-state index in [9.17, 15) is 22.8 Å². The number of amides is 2. The topological polar surface area (TPSA) is 138 Å². The number of alkyl halides is 3. The van der Waals surface area contributed by atoms with E-state index in [0.717, 1.165) is 12.1 Å². The number of primary amides is 1. The molecular weight excluding hydrogens is 561 g/mol. The molecule has 0 spiro atoms. The first-order chi connectivity index (χ1) is 20.4. The van der Waals surface area contributed by atoms with Gasteiger partial charge in [-0.05, 0) is 61.9 Å². The third-order valence-electron chi connectivity index (χ3n) is 6.98. The van der Waals surface area contributed by atoms with Crippen molar-refractivity contribution in [3.05, 3.63) is 107 Å². The minimum Gasteiger partial charge on any atom is -0.384 e. The number of fused-ring (bicyclic) bond motifs is 2. The van der Waals surface area contributed by atoms with E-state index in [0.29, 0.717) is 28.0 Å². The van der Waals surface area contributed by atoms with Crippen LogP contribution in [0.1, 0.15) is 37.5 Å². The quantitative estimate of drug-likeness (QED) is 0.286. The lowest BCUT2D eigenvalue weighted by Gasteiger charge is -2.25. The van der Waals surface area contributed by atoms with Crippen LogP contribution in [0.3, 0.4) is 0 Å². The highest BCUT2D eigenvalue weighted by Crippen LogP contribution is 2.35. The molecule has 6 rings (SSSR count). The van der Waals surface area contributed by atoms with Crippen LogP contribution >= 0.6 is 0 Å². The molecule has 3 heterocycles. The summed E-state index contributed by atoms with van der Waals surface area (Å²) < 4.78 is 43.4. The highest BCUT2D eigenvalue weighted by molar-refractivity contribution is 6.11. The van der Waals surface area contributed by atoms with Gasteiger partial charge in [0.15, 0.2) is 5.65 Å². The van der Waals surface area contributed by atoms with Gasteiger partial charge in [-0.3, -0.25) is 14.2 Å². The Morgan fingerprint density at radius 3 is 2.30 bits per heavy atom. The largest absolute Gasteiger partial charge is 0.416 e. The van der Waals surface area contributed by atoms with Gasteiger partial charge in [-0.2, -0.15) is 13.2 Å². The molecule has 0 fully saturated rings. The third-order valence-corrected chi connectivity index (χ3v) is 6.98. The first-order valence-electron chi connectivity index (χ1n) is 12.9. The van der Waals surface area contributed by atoms with E-state index in [4.69, 9.17) is 16.5 Å². The summed E-state index contributed by atoms with van der Waals surface area (Å²) in [6.07, 6.45) is -1.70. The molecule has 2 amide bonds. The van der Waals surface area contributed by atoms with Crippen molar-refractivity contribution in [1.82, 2.24) is 24.2 Å². The van der Waals surface area contributed by atoms with Crippen molar-refractivity contribution in [1.29, 1.82) is 0 Å². The number of nitrogen functional groups attached to an aromatic ring is 1. The van der Waals surface area contributed by atoms with E-state index in [2.05, 4.69) is 9.97 Å². The van der Waals surface area contributed by atoms with Crippen LogP contribution in [-0.4, -0.2) is 36.0 Å². The second-order valence-electron chi connectivity index (χ2n) is 9.91. The molecule has 6 aromatic rings. The maximum atomic E-state index is 13.9. The molecule has 0 bridgehead atoms. The summed E-state index contributed by atoms with van der Waals surface area (Å²) in [5.74, 6) is -1.55. The number of carbonyl (C=O) groups excluding carboxylic acids is 2. The van der Waals surface area contributed by atoms with Crippen molar-refractivity contribution in [3.8, 4) is 5.69 Å². The van der Waals surface area contributed by atoms with E-state index in [1.54, 1.807) is 62.5 Å². The van der Waals surface area contributed by atoms with Crippen LogP contribution in [0.25, 0.3) is 27.9 Å². The number of benzene rings is 3. The SMILES string of the molecule is Cc1cn(N(C(=O)c2cccc(C(F)(F)F)c2)c2ccc(C)c(-n3c(N)c(C(N)=O)c4nc5ccccc5nc43)c2)cn1. The lowest BCUT2D eigenvalue weighted by atomic mass is 10.1. The Balaban J connectivity index is 1.58. The summed E-state index contributed by atoms with van der Waals surface area (Å²) in [5.41, 5.74) is 14.6. The van der Waals surface area contributed by atoms with Gasteiger partial charge in [-0.25, -0.2) is 24.6 Å². The van der Waals surface area contributed by atoms with Gasteiger partial charge < -0.3 is 11.5 Å². The number of rotatable bonds is 5. The molecule has 0 aliphatic carbocycles. The maximum Gasteiger partial charge on any atom is 0.416 e. The molecule has 3 aromatic carbocycles. The van der Waals surface area contributed by atoms with Crippen LogP contribution in [0.15, 0.2) is 79.3 Å². The lowest BCUT2D eigenvalue weighted by molar-refractivity contribution is -0.137. The van der Waals surface area contributed by atoms with Crippen molar-refractivity contribution in [2.24, 2.45) is 5.73 Å². The van der Waals surface area contributed by atoms with E-state index >= 15 is 0 Å². The number of aromatic nitrogens is 5. The van der Waals surface area contributed by atoms with Crippen LogP contribution in [0.2, 0.25) is 0 Å². The molecular formula is C30H23F3N8O2. The summed E-state index contributed by atoms with van der Waals surface area (Å²) in [6, 6.07) is 16.2. The number of para-hydroxylation sites is 2. The summed E-state index contributed by atoms with van der Waals surface area (Å²) in [5, 5.41) is 1.19. The van der Waals surface area contributed by atoms with Gasteiger partial charge in [0, 0.05) is 5.56 Å². The lowest BCUT2D eigenvalue weighted by Crippen LogP contribution is -2.35. The molecule has 4 N–H and O–H groups in total. The molecule has 0 unspecified atom stereocenters. The molecule has 13 heteroatoms. The number of hydrogen-bond donors (Lipinski definition) is 2. The Labute approximate surface area is 242 Å². The van der Waals surface area contributed by atoms with Crippen LogP contribution in [0.4, 0.5) is 24.7 Å². The zero-order valence-corrected chi connectivity index (χ0v) is 22.8. The number of anilines is 2. The fourth-order valence-corrected chi connectivity index (χ4v) is 4.94. The van der Waals surface area contributed by atoms with Gasteiger partial charge in [0.05, 0.1) is 39.9 Å². The van der Waals surface area contributed by atoms with Gasteiger partial charge in [-0.15, -0.1) is 0 Å². The van der Waals surface area contributed by atoms with Gasteiger partial charge in [0.2, 0.25) is 0 Å². The van der Waals surface area contributed by atoms with Crippen LogP contribution in [0.5, 0.6) is 0 Å². The maximum absolute atomic E-state index is 13.9. The predicted octanol–water partition coefficient (Wildman–Crippen LogP) is 5.20. The third kappa shape index (κ3) is 4.70. The van der Waals surface area contributed by atoms with Crippen molar-refractivity contribution in [2.45, 2.75) is 20.0 Å². The number of nitrogens with zero attached hydrogens (tertiary/aromatic N) is 6. The summed E-state index contributed by atoms with van der Waals surface area (Å²) in [6.45, 7) is 3.51. The van der Waals surface area contributed by atoms with Gasteiger partial charge in [0.1, 0.15) is 23.2 Å². The minimum atomic E-state index is -4.64.